The second-order valence-electron chi connectivity index (χ2n) is 6.03. The molecule has 0 spiro atoms. The summed E-state index contributed by atoms with van der Waals surface area (Å²) >= 11 is 0. The number of aliphatic imine (C=N–C) groups is 1. The van der Waals surface area contributed by atoms with Gasteiger partial charge in [0.15, 0.2) is 5.96 Å². The van der Waals surface area contributed by atoms with Gasteiger partial charge in [0.2, 0.25) is 0 Å². The molecule has 1 fully saturated rings. The normalized spacial score (nSPS) is 22.0. The molecule has 1 aliphatic heterocycles. The third-order valence-corrected chi connectivity index (χ3v) is 4.50. The first-order valence-electron chi connectivity index (χ1n) is 8.36. The van der Waals surface area contributed by atoms with E-state index in [1.165, 1.54) is 45.1 Å². The minimum absolute atomic E-state index is 0.663. The highest BCUT2D eigenvalue weighted by Crippen LogP contribution is 2.13. The van der Waals surface area contributed by atoms with Crippen LogP contribution < -0.4 is 10.6 Å². The Morgan fingerprint density at radius 1 is 1.35 bits per heavy atom. The second kappa shape index (κ2) is 10.0. The summed E-state index contributed by atoms with van der Waals surface area (Å²) in [4.78, 5) is 6.78. The summed E-state index contributed by atoms with van der Waals surface area (Å²) in [5, 5.41) is 6.96. The minimum atomic E-state index is 0.663. The lowest BCUT2D eigenvalue weighted by Gasteiger charge is -2.22. The first-order valence-corrected chi connectivity index (χ1v) is 8.36. The van der Waals surface area contributed by atoms with Crippen molar-refractivity contribution in [1.82, 2.24) is 15.5 Å². The molecule has 20 heavy (non-hydrogen) atoms. The van der Waals surface area contributed by atoms with E-state index in [0.29, 0.717) is 6.04 Å². The zero-order valence-electron chi connectivity index (χ0n) is 13.9. The largest absolute Gasteiger partial charge is 0.356 e. The average molecular weight is 282 g/mol. The molecule has 4 heteroatoms. The number of likely N-dealkylation sites (tertiary alicyclic amines) is 1. The van der Waals surface area contributed by atoms with Crippen LogP contribution in [0.1, 0.15) is 52.4 Å². The molecule has 1 saturated heterocycles. The molecule has 0 aliphatic carbocycles. The van der Waals surface area contributed by atoms with Gasteiger partial charge in [0, 0.05) is 26.2 Å². The molecule has 0 amide bonds. The molecule has 0 bridgehead atoms. The Morgan fingerprint density at radius 3 is 2.70 bits per heavy atom. The summed E-state index contributed by atoms with van der Waals surface area (Å²) in [5.74, 6) is 1.72. The lowest BCUT2D eigenvalue weighted by molar-refractivity contribution is 0.309. The van der Waals surface area contributed by atoms with Gasteiger partial charge >= 0.3 is 0 Å². The standard InChI is InChI=1S/C16H34N4/c1-5-7-9-14(6-2)12-18-16(17-3)19-13-15-10-8-11-20(15)4/h14-15H,5-13H2,1-4H3,(H2,17,18,19). The number of unbranched alkanes of at least 4 members (excludes halogenated alkanes) is 1. The smallest absolute Gasteiger partial charge is 0.191 e. The van der Waals surface area contributed by atoms with Gasteiger partial charge in [0.25, 0.3) is 0 Å². The quantitative estimate of drug-likeness (QED) is 0.531. The van der Waals surface area contributed by atoms with Gasteiger partial charge in [-0.3, -0.25) is 4.99 Å². The average Bonchev–Trinajstić information content (AvgIpc) is 2.87. The maximum Gasteiger partial charge on any atom is 0.191 e. The SMILES string of the molecule is CCCCC(CC)CNC(=NC)NCC1CCCN1C. The fraction of sp³-hybridized carbons (Fsp3) is 0.938. The van der Waals surface area contributed by atoms with Gasteiger partial charge in [-0.15, -0.1) is 0 Å². The van der Waals surface area contributed by atoms with E-state index < -0.39 is 0 Å². The Morgan fingerprint density at radius 2 is 2.15 bits per heavy atom. The molecular formula is C16H34N4. The fourth-order valence-corrected chi connectivity index (χ4v) is 2.86. The van der Waals surface area contributed by atoms with Crippen LogP contribution in [0.4, 0.5) is 0 Å². The van der Waals surface area contributed by atoms with Crippen molar-refractivity contribution in [3.05, 3.63) is 0 Å². The van der Waals surface area contributed by atoms with Crippen molar-refractivity contribution in [1.29, 1.82) is 0 Å². The van der Waals surface area contributed by atoms with Crippen LogP contribution in [0, 0.1) is 5.92 Å². The molecule has 2 unspecified atom stereocenters. The van der Waals surface area contributed by atoms with E-state index in [0.717, 1.165) is 25.0 Å². The van der Waals surface area contributed by atoms with Gasteiger partial charge < -0.3 is 15.5 Å². The molecule has 2 N–H and O–H groups in total. The highest BCUT2D eigenvalue weighted by atomic mass is 15.2. The maximum absolute atomic E-state index is 4.34. The van der Waals surface area contributed by atoms with E-state index >= 15 is 0 Å². The molecule has 2 atom stereocenters. The Bertz CT molecular complexity index is 278. The first-order chi connectivity index (χ1) is 9.71. The zero-order valence-corrected chi connectivity index (χ0v) is 13.9. The number of nitrogens with zero attached hydrogens (tertiary/aromatic N) is 2. The molecule has 0 aromatic rings. The molecule has 0 aromatic carbocycles. The molecule has 1 heterocycles. The summed E-state index contributed by atoms with van der Waals surface area (Å²) < 4.78 is 0. The van der Waals surface area contributed by atoms with Crippen molar-refractivity contribution in [2.75, 3.05) is 33.7 Å². The highest BCUT2D eigenvalue weighted by Gasteiger charge is 2.20. The van der Waals surface area contributed by atoms with Gasteiger partial charge in [-0.2, -0.15) is 0 Å². The zero-order chi connectivity index (χ0) is 14.8. The topological polar surface area (TPSA) is 39.7 Å². The highest BCUT2D eigenvalue weighted by molar-refractivity contribution is 5.79. The Labute approximate surface area is 125 Å². The van der Waals surface area contributed by atoms with Gasteiger partial charge in [0.1, 0.15) is 0 Å². The maximum atomic E-state index is 4.34. The Hall–Kier alpha value is -0.770. The van der Waals surface area contributed by atoms with Gasteiger partial charge in [-0.1, -0.05) is 33.1 Å². The van der Waals surface area contributed by atoms with E-state index in [-0.39, 0.29) is 0 Å². The van der Waals surface area contributed by atoms with Crippen LogP contribution >= 0.6 is 0 Å². The van der Waals surface area contributed by atoms with Crippen molar-refractivity contribution in [3.63, 3.8) is 0 Å². The Kier molecular flexibility index (Phi) is 8.67. The third-order valence-electron chi connectivity index (χ3n) is 4.50. The van der Waals surface area contributed by atoms with Crippen LogP contribution in [0.3, 0.4) is 0 Å². The van der Waals surface area contributed by atoms with Crippen LogP contribution in [-0.4, -0.2) is 50.6 Å². The van der Waals surface area contributed by atoms with Crippen molar-refractivity contribution in [2.24, 2.45) is 10.9 Å². The summed E-state index contributed by atoms with van der Waals surface area (Å²) in [5.41, 5.74) is 0. The lowest BCUT2D eigenvalue weighted by Crippen LogP contribution is -2.45. The fourth-order valence-electron chi connectivity index (χ4n) is 2.86. The monoisotopic (exact) mass is 282 g/mol. The van der Waals surface area contributed by atoms with Gasteiger partial charge in [-0.05, 0) is 38.8 Å². The van der Waals surface area contributed by atoms with Crippen molar-refractivity contribution < 1.29 is 0 Å². The molecule has 0 saturated carbocycles. The first kappa shape index (κ1) is 17.3. The van der Waals surface area contributed by atoms with E-state index in [2.05, 4.69) is 41.4 Å². The summed E-state index contributed by atoms with van der Waals surface area (Å²) in [7, 11) is 4.08. The van der Waals surface area contributed by atoms with Crippen molar-refractivity contribution >= 4 is 5.96 Å². The van der Waals surface area contributed by atoms with Crippen molar-refractivity contribution in [2.45, 2.75) is 58.4 Å². The van der Waals surface area contributed by atoms with Gasteiger partial charge in [0.05, 0.1) is 0 Å². The summed E-state index contributed by atoms with van der Waals surface area (Å²) in [6.07, 6.45) is 7.81. The number of rotatable bonds is 8. The molecule has 0 radical (unpaired) electrons. The van der Waals surface area contributed by atoms with E-state index in [1.54, 1.807) is 0 Å². The molecule has 0 aromatic heterocycles. The van der Waals surface area contributed by atoms with Crippen LogP contribution in [0.15, 0.2) is 4.99 Å². The number of hydrogen-bond acceptors (Lipinski definition) is 2. The number of hydrogen-bond donors (Lipinski definition) is 2. The predicted octanol–water partition coefficient (Wildman–Crippen LogP) is 2.46. The summed E-state index contributed by atoms with van der Waals surface area (Å²) in [6.45, 7) is 7.82. The molecule has 1 aliphatic rings. The predicted molar refractivity (Wildman–Crippen MR) is 88.3 cm³/mol. The lowest BCUT2D eigenvalue weighted by atomic mass is 9.99. The van der Waals surface area contributed by atoms with Crippen LogP contribution in [0.5, 0.6) is 0 Å². The van der Waals surface area contributed by atoms with Gasteiger partial charge in [-0.25, -0.2) is 0 Å². The molecular weight excluding hydrogens is 248 g/mol. The van der Waals surface area contributed by atoms with Crippen LogP contribution in [0.2, 0.25) is 0 Å². The molecule has 118 valence electrons. The summed E-state index contributed by atoms with van der Waals surface area (Å²) in [6, 6.07) is 0.663. The van der Waals surface area contributed by atoms with Crippen LogP contribution in [0.25, 0.3) is 0 Å². The second-order valence-corrected chi connectivity index (χ2v) is 6.03. The van der Waals surface area contributed by atoms with E-state index in [4.69, 9.17) is 0 Å². The Balaban J connectivity index is 2.24. The van der Waals surface area contributed by atoms with Crippen molar-refractivity contribution in [3.8, 4) is 0 Å². The molecule has 4 nitrogen and oxygen atoms in total. The number of nitrogens with one attached hydrogen (secondary N) is 2. The molecule has 1 rings (SSSR count). The van der Waals surface area contributed by atoms with E-state index in [9.17, 15) is 0 Å². The minimum Gasteiger partial charge on any atom is -0.356 e. The van der Waals surface area contributed by atoms with Crippen LogP contribution in [-0.2, 0) is 0 Å². The van der Waals surface area contributed by atoms with E-state index in [1.807, 2.05) is 7.05 Å². The number of likely N-dealkylation sites (N-methyl/N-ethyl adjacent to an activating group) is 1. The number of guanidine groups is 1. The third kappa shape index (κ3) is 6.12.